The molecular weight excluding hydrogens is 236 g/mol. The number of aromatic nitrogens is 1. The molecule has 3 nitrogen and oxygen atoms in total. The molecule has 3 heteroatoms. The average molecular weight is 252 g/mol. The first-order valence-corrected chi connectivity index (χ1v) is 6.34. The predicted octanol–water partition coefficient (Wildman–Crippen LogP) is 2.72. The summed E-state index contributed by atoms with van der Waals surface area (Å²) in [6.45, 7) is 3.01. The summed E-state index contributed by atoms with van der Waals surface area (Å²) in [5.41, 5.74) is 1.34. The molecule has 0 unspecified atom stereocenters. The van der Waals surface area contributed by atoms with Gasteiger partial charge >= 0.3 is 0 Å². The summed E-state index contributed by atoms with van der Waals surface area (Å²) in [6.07, 6.45) is 7.91. The minimum Gasteiger partial charge on any atom is -0.327 e. The monoisotopic (exact) mass is 252 g/mol. The van der Waals surface area contributed by atoms with Crippen molar-refractivity contribution in [1.29, 1.82) is 0 Å². The highest BCUT2D eigenvalue weighted by Gasteiger charge is 2.16. The minimum absolute atomic E-state index is 0.0518. The summed E-state index contributed by atoms with van der Waals surface area (Å²) < 4.78 is 0. The summed E-state index contributed by atoms with van der Waals surface area (Å²) in [6, 6.07) is 9.44. The minimum atomic E-state index is -0.0518. The third-order valence-corrected chi connectivity index (χ3v) is 2.93. The molecule has 2 aromatic rings. The Bertz CT molecular complexity index is 623. The molecule has 1 aromatic heterocycles. The van der Waals surface area contributed by atoms with E-state index in [1.54, 1.807) is 17.2 Å². The highest BCUT2D eigenvalue weighted by Crippen LogP contribution is 2.17. The zero-order valence-electron chi connectivity index (χ0n) is 11.0. The molecule has 1 heterocycles. The second-order valence-electron chi connectivity index (χ2n) is 4.31. The van der Waals surface area contributed by atoms with E-state index in [1.165, 1.54) is 0 Å². The van der Waals surface area contributed by atoms with Crippen LogP contribution in [0.25, 0.3) is 10.9 Å². The van der Waals surface area contributed by atoms with Gasteiger partial charge in [0.05, 0.1) is 17.6 Å². The van der Waals surface area contributed by atoms with Crippen LogP contribution >= 0.6 is 0 Å². The van der Waals surface area contributed by atoms with Gasteiger partial charge in [0.15, 0.2) is 0 Å². The van der Waals surface area contributed by atoms with Crippen molar-refractivity contribution in [3.8, 4) is 12.3 Å². The third kappa shape index (κ3) is 2.74. The van der Waals surface area contributed by atoms with E-state index in [4.69, 9.17) is 6.42 Å². The highest BCUT2D eigenvalue weighted by atomic mass is 16.2. The average Bonchev–Trinajstić information content (AvgIpc) is 2.46. The van der Waals surface area contributed by atoms with Crippen molar-refractivity contribution < 1.29 is 4.79 Å². The number of amides is 1. The van der Waals surface area contributed by atoms with Gasteiger partial charge in [-0.3, -0.25) is 9.78 Å². The van der Waals surface area contributed by atoms with E-state index in [-0.39, 0.29) is 5.91 Å². The smallest absolute Gasteiger partial charge is 0.256 e. The van der Waals surface area contributed by atoms with Crippen LogP contribution < -0.4 is 0 Å². The number of hydrogen-bond acceptors (Lipinski definition) is 2. The number of rotatable bonds is 4. The number of terminal acetylenes is 1. The third-order valence-electron chi connectivity index (χ3n) is 2.93. The number of nitrogens with zero attached hydrogens (tertiary/aromatic N) is 2. The molecule has 0 bridgehead atoms. The van der Waals surface area contributed by atoms with Crippen LogP contribution in [0.5, 0.6) is 0 Å². The molecule has 0 spiro atoms. The first-order valence-electron chi connectivity index (χ1n) is 6.34. The Kier molecular flexibility index (Phi) is 4.15. The molecule has 2 rings (SSSR count). The number of hydrogen-bond donors (Lipinski definition) is 0. The molecular formula is C16H16N2O. The van der Waals surface area contributed by atoms with Crippen molar-refractivity contribution in [2.24, 2.45) is 0 Å². The molecule has 96 valence electrons. The fourth-order valence-electron chi connectivity index (χ4n) is 2.08. The van der Waals surface area contributed by atoms with Gasteiger partial charge in [-0.2, -0.15) is 0 Å². The van der Waals surface area contributed by atoms with Crippen molar-refractivity contribution in [1.82, 2.24) is 9.88 Å². The van der Waals surface area contributed by atoms with Gasteiger partial charge in [-0.15, -0.1) is 6.42 Å². The second-order valence-corrected chi connectivity index (χ2v) is 4.31. The van der Waals surface area contributed by atoms with E-state index in [1.807, 2.05) is 31.2 Å². The number of para-hydroxylation sites is 1. The van der Waals surface area contributed by atoms with E-state index in [2.05, 4.69) is 10.9 Å². The normalized spacial score (nSPS) is 10.1. The van der Waals surface area contributed by atoms with Crippen molar-refractivity contribution in [3.05, 3.63) is 42.1 Å². The topological polar surface area (TPSA) is 33.2 Å². The van der Waals surface area contributed by atoms with Crippen molar-refractivity contribution in [2.45, 2.75) is 13.3 Å². The Hall–Kier alpha value is -2.34. The van der Waals surface area contributed by atoms with Gasteiger partial charge in [-0.05, 0) is 18.6 Å². The first-order chi connectivity index (χ1) is 9.27. The largest absolute Gasteiger partial charge is 0.327 e. The second kappa shape index (κ2) is 6.01. The molecule has 19 heavy (non-hydrogen) atoms. The van der Waals surface area contributed by atoms with E-state index in [9.17, 15) is 4.79 Å². The van der Waals surface area contributed by atoms with E-state index >= 15 is 0 Å². The molecule has 0 atom stereocenters. The Morgan fingerprint density at radius 3 is 2.89 bits per heavy atom. The van der Waals surface area contributed by atoms with Gasteiger partial charge in [-0.25, -0.2) is 0 Å². The molecule has 0 saturated heterocycles. The number of carbonyl (C=O) groups excluding carboxylic acids is 1. The van der Waals surface area contributed by atoms with Crippen LogP contribution in [0.1, 0.15) is 23.7 Å². The Balaban J connectivity index is 2.43. The molecule has 0 fully saturated rings. The van der Waals surface area contributed by atoms with Gasteiger partial charge < -0.3 is 4.90 Å². The van der Waals surface area contributed by atoms with Gasteiger partial charge in [0, 0.05) is 18.1 Å². The number of carbonyl (C=O) groups is 1. The van der Waals surface area contributed by atoms with Gasteiger partial charge in [0.1, 0.15) is 0 Å². The van der Waals surface area contributed by atoms with Crippen molar-refractivity contribution in [2.75, 3.05) is 13.1 Å². The fourth-order valence-corrected chi connectivity index (χ4v) is 2.08. The lowest BCUT2D eigenvalue weighted by molar-refractivity contribution is 0.0778. The van der Waals surface area contributed by atoms with Gasteiger partial charge in [0.25, 0.3) is 5.91 Å². The lowest BCUT2D eigenvalue weighted by Crippen LogP contribution is -2.32. The zero-order chi connectivity index (χ0) is 13.7. The van der Waals surface area contributed by atoms with E-state index < -0.39 is 0 Å². The van der Waals surface area contributed by atoms with Gasteiger partial charge in [0.2, 0.25) is 0 Å². The maximum Gasteiger partial charge on any atom is 0.256 e. The van der Waals surface area contributed by atoms with E-state index in [0.29, 0.717) is 18.7 Å². The lowest BCUT2D eigenvalue weighted by Gasteiger charge is -2.20. The number of benzene rings is 1. The van der Waals surface area contributed by atoms with E-state index in [0.717, 1.165) is 17.3 Å². The number of fused-ring (bicyclic) bond motifs is 1. The van der Waals surface area contributed by atoms with Gasteiger partial charge in [-0.1, -0.05) is 31.0 Å². The zero-order valence-corrected chi connectivity index (χ0v) is 11.0. The molecule has 0 radical (unpaired) electrons. The molecule has 0 aliphatic rings. The first kappa shape index (κ1) is 13.1. The van der Waals surface area contributed by atoms with Crippen molar-refractivity contribution in [3.63, 3.8) is 0 Å². The summed E-state index contributed by atoms with van der Waals surface area (Å²) >= 11 is 0. The molecule has 1 aromatic carbocycles. The predicted molar refractivity (Wildman–Crippen MR) is 76.8 cm³/mol. The summed E-state index contributed by atoms with van der Waals surface area (Å²) in [5.74, 6) is 2.48. The van der Waals surface area contributed by atoms with Crippen molar-refractivity contribution >= 4 is 16.8 Å². The molecule has 0 saturated carbocycles. The molecule has 1 amide bonds. The molecule has 0 aliphatic carbocycles. The summed E-state index contributed by atoms with van der Waals surface area (Å²) in [7, 11) is 0. The summed E-state index contributed by atoms with van der Waals surface area (Å²) in [4.78, 5) is 18.5. The van der Waals surface area contributed by atoms with Crippen LogP contribution in [-0.4, -0.2) is 28.9 Å². The lowest BCUT2D eigenvalue weighted by atomic mass is 10.1. The maximum absolute atomic E-state index is 12.5. The van der Waals surface area contributed by atoms with Crippen LogP contribution in [0.3, 0.4) is 0 Å². The maximum atomic E-state index is 12.5. The Labute approximate surface area is 113 Å². The SMILES string of the molecule is C#CCN(CCC)C(=O)c1cccc2cccnc12. The highest BCUT2D eigenvalue weighted by molar-refractivity contribution is 6.05. The molecule has 0 N–H and O–H groups in total. The Morgan fingerprint density at radius 2 is 2.16 bits per heavy atom. The Morgan fingerprint density at radius 1 is 1.37 bits per heavy atom. The number of pyridine rings is 1. The standard InChI is InChI=1S/C16H16N2O/c1-3-11-18(12-4-2)16(19)14-9-5-7-13-8-6-10-17-15(13)14/h1,5-10H,4,11-12H2,2H3. The summed E-state index contributed by atoms with van der Waals surface area (Å²) in [5, 5.41) is 0.963. The quantitative estimate of drug-likeness (QED) is 0.784. The van der Waals surface area contributed by atoms with Crippen LogP contribution in [0, 0.1) is 12.3 Å². The van der Waals surface area contributed by atoms with Crippen LogP contribution in [0.15, 0.2) is 36.5 Å². The van der Waals surface area contributed by atoms with Crippen LogP contribution in [-0.2, 0) is 0 Å². The molecule has 0 aliphatic heterocycles. The van der Waals surface area contributed by atoms with Crippen LogP contribution in [0.2, 0.25) is 0 Å². The van der Waals surface area contributed by atoms with Crippen LogP contribution in [0.4, 0.5) is 0 Å². The fraction of sp³-hybridized carbons (Fsp3) is 0.250.